The maximum atomic E-state index is 11.8. The lowest BCUT2D eigenvalue weighted by Gasteiger charge is -2.13. The molecule has 0 amide bonds. The van der Waals surface area contributed by atoms with Crippen molar-refractivity contribution in [2.75, 3.05) is 6.54 Å². The predicted molar refractivity (Wildman–Crippen MR) is 39.1 cm³/mol. The van der Waals surface area contributed by atoms with Crippen LogP contribution in [0.25, 0.3) is 0 Å². The molecule has 4 nitrogen and oxygen atoms in total. The second kappa shape index (κ2) is 2.90. The van der Waals surface area contributed by atoms with E-state index in [0.29, 0.717) is 12.8 Å². The van der Waals surface area contributed by atoms with Crippen molar-refractivity contribution >= 4 is 10.0 Å². The lowest BCUT2D eigenvalue weighted by Crippen LogP contribution is -2.44. The van der Waals surface area contributed by atoms with E-state index in [0.717, 1.165) is 0 Å². The Bertz CT molecular complexity index is 261. The summed E-state index contributed by atoms with van der Waals surface area (Å²) in [5.74, 6) is -3.37. The van der Waals surface area contributed by atoms with Gasteiger partial charge in [0.05, 0.1) is 0 Å². The van der Waals surface area contributed by atoms with Crippen LogP contribution in [0.4, 0.5) is 8.78 Å². The van der Waals surface area contributed by atoms with Crippen LogP contribution in [0.1, 0.15) is 12.8 Å². The van der Waals surface area contributed by atoms with E-state index < -0.39 is 21.3 Å². The summed E-state index contributed by atoms with van der Waals surface area (Å²) >= 11 is 0. The topological polar surface area (TPSA) is 72.2 Å². The van der Waals surface area contributed by atoms with Crippen molar-refractivity contribution in [2.24, 2.45) is 5.73 Å². The minimum absolute atomic E-state index is 0.0684. The molecule has 0 aromatic rings. The number of hydrogen-bond donors (Lipinski definition) is 2. The highest BCUT2D eigenvalue weighted by atomic mass is 32.2. The average Bonchev–Trinajstić information content (AvgIpc) is 2.68. The molecule has 3 N–H and O–H groups in total. The van der Waals surface area contributed by atoms with Crippen molar-refractivity contribution in [1.82, 2.24) is 4.72 Å². The number of nitrogens with two attached hydrogens (primary N) is 1. The van der Waals surface area contributed by atoms with Crippen LogP contribution in [-0.2, 0) is 10.0 Å². The van der Waals surface area contributed by atoms with Gasteiger partial charge >= 0.3 is 5.76 Å². The normalized spacial score (nSPS) is 21.3. The van der Waals surface area contributed by atoms with Gasteiger partial charge in [-0.15, -0.1) is 0 Å². The third kappa shape index (κ3) is 1.90. The Morgan fingerprint density at radius 1 is 1.50 bits per heavy atom. The number of hydrogen-bond acceptors (Lipinski definition) is 3. The van der Waals surface area contributed by atoms with Crippen molar-refractivity contribution in [3.05, 3.63) is 0 Å². The molecule has 7 heteroatoms. The van der Waals surface area contributed by atoms with Crippen LogP contribution in [0.5, 0.6) is 0 Å². The molecule has 0 heterocycles. The van der Waals surface area contributed by atoms with E-state index in [9.17, 15) is 17.2 Å². The Morgan fingerprint density at radius 3 is 2.25 bits per heavy atom. The van der Waals surface area contributed by atoms with E-state index in [1.807, 2.05) is 4.72 Å². The van der Waals surface area contributed by atoms with Crippen LogP contribution in [0.2, 0.25) is 0 Å². The summed E-state index contributed by atoms with van der Waals surface area (Å²) in [6.07, 6.45) is 1.07. The monoisotopic (exact) mass is 200 g/mol. The Morgan fingerprint density at radius 2 is 2.00 bits per heavy atom. The van der Waals surface area contributed by atoms with Gasteiger partial charge < -0.3 is 5.73 Å². The Kier molecular flexibility index (Phi) is 2.37. The second-order valence-corrected chi connectivity index (χ2v) is 4.54. The third-order valence-corrected chi connectivity index (χ3v) is 3.02. The molecule has 0 aromatic carbocycles. The summed E-state index contributed by atoms with van der Waals surface area (Å²) in [5.41, 5.74) is 4.42. The molecule has 1 rings (SSSR count). The van der Waals surface area contributed by atoms with Crippen molar-refractivity contribution in [1.29, 1.82) is 0 Å². The van der Waals surface area contributed by atoms with Crippen molar-refractivity contribution in [3.8, 4) is 0 Å². The molecule has 1 aliphatic carbocycles. The van der Waals surface area contributed by atoms with Crippen molar-refractivity contribution < 1.29 is 17.2 Å². The van der Waals surface area contributed by atoms with Gasteiger partial charge in [-0.3, -0.25) is 0 Å². The zero-order chi connectivity index (χ0) is 9.41. The molecule has 0 aromatic heterocycles. The van der Waals surface area contributed by atoms with Gasteiger partial charge in [0.2, 0.25) is 0 Å². The van der Waals surface area contributed by atoms with Gasteiger partial charge in [-0.1, -0.05) is 0 Å². The first-order valence-corrected chi connectivity index (χ1v) is 4.97. The van der Waals surface area contributed by atoms with Gasteiger partial charge in [-0.25, -0.2) is 13.1 Å². The van der Waals surface area contributed by atoms with E-state index in [-0.39, 0.29) is 6.54 Å². The van der Waals surface area contributed by atoms with Crippen LogP contribution in [0, 0.1) is 0 Å². The number of nitrogens with one attached hydrogen (secondary N) is 1. The maximum absolute atomic E-state index is 11.8. The quantitative estimate of drug-likeness (QED) is 0.649. The number of sulfonamides is 1. The predicted octanol–water partition coefficient (Wildman–Crippen LogP) is -0.380. The van der Waals surface area contributed by atoms with Gasteiger partial charge in [0.1, 0.15) is 0 Å². The zero-order valence-corrected chi connectivity index (χ0v) is 7.07. The molecule has 0 spiro atoms. The van der Waals surface area contributed by atoms with Crippen LogP contribution >= 0.6 is 0 Å². The van der Waals surface area contributed by atoms with Crippen LogP contribution < -0.4 is 10.5 Å². The first kappa shape index (κ1) is 9.82. The summed E-state index contributed by atoms with van der Waals surface area (Å²) in [6.45, 7) is 0.0684. The largest absolute Gasteiger partial charge is 0.350 e. The van der Waals surface area contributed by atoms with E-state index in [1.165, 1.54) is 0 Å². The van der Waals surface area contributed by atoms with E-state index in [4.69, 9.17) is 5.73 Å². The minimum Gasteiger partial charge on any atom is -0.329 e. The molecule has 1 aliphatic rings. The fraction of sp³-hybridized carbons (Fsp3) is 1.00. The molecule has 72 valence electrons. The molecule has 1 fully saturated rings. The Labute approximate surface area is 69.2 Å². The number of halogens is 2. The van der Waals surface area contributed by atoms with Crippen molar-refractivity contribution in [3.63, 3.8) is 0 Å². The fourth-order valence-electron chi connectivity index (χ4n) is 0.845. The summed E-state index contributed by atoms with van der Waals surface area (Å²) in [6, 6.07) is 0. The first-order valence-electron chi connectivity index (χ1n) is 3.43. The first-order chi connectivity index (χ1) is 5.42. The summed E-state index contributed by atoms with van der Waals surface area (Å²) in [5, 5.41) is 0. The second-order valence-electron chi connectivity index (χ2n) is 2.89. The van der Waals surface area contributed by atoms with Crippen LogP contribution in [-0.4, -0.2) is 26.3 Å². The van der Waals surface area contributed by atoms with Crippen LogP contribution in [0.15, 0.2) is 0 Å². The summed E-state index contributed by atoms with van der Waals surface area (Å²) in [4.78, 5) is 0. The lowest BCUT2D eigenvalue weighted by atomic mass is 10.3. The smallest absolute Gasteiger partial charge is 0.329 e. The number of alkyl halides is 2. The standard InChI is InChI=1S/C5H10F2N2O2S/c6-4(7)12(10,11)9-5(3-8)1-2-5/h4,9H,1-3,8H2. The highest BCUT2D eigenvalue weighted by Gasteiger charge is 2.46. The molecular weight excluding hydrogens is 190 g/mol. The lowest BCUT2D eigenvalue weighted by molar-refractivity contribution is 0.231. The Balaban J connectivity index is 2.62. The highest BCUT2D eigenvalue weighted by Crippen LogP contribution is 2.35. The van der Waals surface area contributed by atoms with Gasteiger partial charge in [0.25, 0.3) is 10.0 Å². The highest BCUT2D eigenvalue weighted by molar-refractivity contribution is 7.89. The number of rotatable bonds is 4. The van der Waals surface area contributed by atoms with Crippen LogP contribution in [0.3, 0.4) is 0 Å². The summed E-state index contributed by atoms with van der Waals surface area (Å²) < 4.78 is 46.8. The molecule has 0 atom stereocenters. The van der Waals surface area contributed by atoms with E-state index >= 15 is 0 Å². The molecule has 0 saturated heterocycles. The third-order valence-electron chi connectivity index (χ3n) is 1.84. The molecule has 0 radical (unpaired) electrons. The minimum atomic E-state index is -4.47. The fourth-order valence-corrected chi connectivity index (χ4v) is 1.83. The molecule has 0 aliphatic heterocycles. The van der Waals surface area contributed by atoms with Gasteiger partial charge in [-0.05, 0) is 12.8 Å². The van der Waals surface area contributed by atoms with Gasteiger partial charge in [0.15, 0.2) is 0 Å². The average molecular weight is 200 g/mol. The molecular formula is C5H10F2N2O2S. The zero-order valence-electron chi connectivity index (χ0n) is 6.26. The molecule has 1 saturated carbocycles. The van der Waals surface area contributed by atoms with Gasteiger partial charge in [-0.2, -0.15) is 8.78 Å². The molecule has 12 heavy (non-hydrogen) atoms. The SMILES string of the molecule is NCC1(NS(=O)(=O)C(F)F)CC1. The van der Waals surface area contributed by atoms with Gasteiger partial charge in [0, 0.05) is 12.1 Å². The van der Waals surface area contributed by atoms with E-state index in [2.05, 4.69) is 0 Å². The Hall–Kier alpha value is -0.270. The van der Waals surface area contributed by atoms with E-state index in [1.54, 1.807) is 0 Å². The molecule has 0 bridgehead atoms. The summed E-state index contributed by atoms with van der Waals surface area (Å²) in [7, 11) is -4.47. The maximum Gasteiger partial charge on any atom is 0.350 e. The molecule has 0 unspecified atom stereocenters. The van der Waals surface area contributed by atoms with Crippen molar-refractivity contribution in [2.45, 2.75) is 24.1 Å².